The van der Waals surface area contributed by atoms with E-state index in [2.05, 4.69) is 5.32 Å². The van der Waals surface area contributed by atoms with Crippen LogP contribution in [0.15, 0.2) is 59.5 Å². The van der Waals surface area contributed by atoms with Gasteiger partial charge in [0.2, 0.25) is 0 Å². The lowest BCUT2D eigenvalue weighted by Gasteiger charge is -2.10. The fourth-order valence-electron chi connectivity index (χ4n) is 3.17. The molecule has 1 heterocycles. The number of nitriles is 1. The van der Waals surface area contributed by atoms with Gasteiger partial charge in [0.05, 0.1) is 21.3 Å². The molecule has 1 amide bonds. The molecular formula is C26H24N2O6S. The van der Waals surface area contributed by atoms with E-state index in [0.717, 1.165) is 5.56 Å². The van der Waals surface area contributed by atoms with Crippen molar-refractivity contribution in [3.05, 3.63) is 75.5 Å². The summed E-state index contributed by atoms with van der Waals surface area (Å²) in [6, 6.07) is 15.6. The molecular weight excluding hydrogens is 468 g/mol. The largest absolute Gasteiger partial charge is 0.493 e. The van der Waals surface area contributed by atoms with Crippen LogP contribution in [0, 0.1) is 11.3 Å². The average molecular weight is 493 g/mol. The van der Waals surface area contributed by atoms with Crippen molar-refractivity contribution in [2.75, 3.05) is 27.9 Å². The van der Waals surface area contributed by atoms with Crippen molar-refractivity contribution < 1.29 is 28.5 Å². The number of methoxy groups -OCH3 is 3. The summed E-state index contributed by atoms with van der Waals surface area (Å²) >= 11 is 1.27. The molecule has 9 heteroatoms. The standard InChI is InChI=1S/C26H24N2O6S/c1-31-20-8-6-17(14-22(20)32-2)10-11-28-25(29)19(16-27)13-18-7-9-21(23(15-18)33-3)34-26(30)24-5-4-12-35-24/h4-9,12-15H,10-11H2,1-3H3,(H,28,29)/b19-13+. The van der Waals surface area contributed by atoms with Crippen molar-refractivity contribution in [1.29, 1.82) is 5.26 Å². The first-order valence-corrected chi connectivity index (χ1v) is 11.4. The number of benzene rings is 2. The number of rotatable bonds is 10. The minimum Gasteiger partial charge on any atom is -0.493 e. The molecule has 0 atom stereocenters. The summed E-state index contributed by atoms with van der Waals surface area (Å²) in [6.07, 6.45) is 1.99. The third-order valence-electron chi connectivity index (χ3n) is 4.94. The smallest absolute Gasteiger partial charge is 0.353 e. The Morgan fingerprint density at radius 1 is 0.971 bits per heavy atom. The van der Waals surface area contributed by atoms with E-state index in [-0.39, 0.29) is 11.3 Å². The molecule has 35 heavy (non-hydrogen) atoms. The van der Waals surface area contributed by atoms with Crippen LogP contribution in [0.1, 0.15) is 20.8 Å². The van der Waals surface area contributed by atoms with E-state index in [1.165, 1.54) is 24.5 Å². The summed E-state index contributed by atoms with van der Waals surface area (Å²) in [5.41, 5.74) is 1.43. The van der Waals surface area contributed by atoms with Crippen molar-refractivity contribution in [2.45, 2.75) is 6.42 Å². The fourth-order valence-corrected chi connectivity index (χ4v) is 3.77. The van der Waals surface area contributed by atoms with Crippen molar-refractivity contribution in [3.8, 4) is 29.1 Å². The van der Waals surface area contributed by atoms with Gasteiger partial charge in [-0.1, -0.05) is 18.2 Å². The van der Waals surface area contributed by atoms with E-state index in [4.69, 9.17) is 18.9 Å². The molecule has 0 fully saturated rings. The molecule has 180 valence electrons. The highest BCUT2D eigenvalue weighted by Crippen LogP contribution is 2.30. The summed E-state index contributed by atoms with van der Waals surface area (Å²) in [5, 5.41) is 14.0. The quantitative estimate of drug-likeness (QED) is 0.195. The molecule has 0 saturated carbocycles. The van der Waals surface area contributed by atoms with E-state index in [0.29, 0.717) is 40.7 Å². The Labute approximate surface area is 207 Å². The minimum atomic E-state index is -0.500. The Bertz CT molecular complexity index is 1260. The molecule has 0 unspecified atom stereocenters. The zero-order valence-corrected chi connectivity index (χ0v) is 20.3. The highest BCUT2D eigenvalue weighted by atomic mass is 32.1. The van der Waals surface area contributed by atoms with Gasteiger partial charge in [0.15, 0.2) is 23.0 Å². The normalized spacial score (nSPS) is 10.7. The second kappa shape index (κ2) is 12.3. The lowest BCUT2D eigenvalue weighted by molar-refractivity contribution is -0.117. The molecule has 3 rings (SSSR count). The SMILES string of the molecule is COc1ccc(CCNC(=O)/C(C#N)=C/c2ccc(OC(=O)c3cccs3)c(OC)c2)cc1OC. The van der Waals surface area contributed by atoms with E-state index in [1.807, 2.05) is 18.2 Å². The summed E-state index contributed by atoms with van der Waals surface area (Å²) in [7, 11) is 4.56. The number of thiophene rings is 1. The fraction of sp³-hybridized carbons (Fsp3) is 0.192. The maximum Gasteiger partial charge on any atom is 0.353 e. The molecule has 1 N–H and O–H groups in total. The van der Waals surface area contributed by atoms with Crippen LogP contribution in [0.3, 0.4) is 0 Å². The molecule has 8 nitrogen and oxygen atoms in total. The van der Waals surface area contributed by atoms with Gasteiger partial charge in [-0.25, -0.2) is 4.79 Å². The summed E-state index contributed by atoms with van der Waals surface area (Å²) in [4.78, 5) is 25.2. The second-order valence-corrected chi connectivity index (χ2v) is 8.09. The van der Waals surface area contributed by atoms with Crippen LogP contribution in [-0.2, 0) is 11.2 Å². The molecule has 0 radical (unpaired) electrons. The van der Waals surface area contributed by atoms with Gasteiger partial charge in [0, 0.05) is 6.54 Å². The zero-order chi connectivity index (χ0) is 25.2. The predicted molar refractivity (Wildman–Crippen MR) is 132 cm³/mol. The molecule has 1 aromatic heterocycles. The first-order chi connectivity index (χ1) is 17.0. The van der Waals surface area contributed by atoms with Gasteiger partial charge in [0.25, 0.3) is 5.91 Å². The third-order valence-corrected chi connectivity index (χ3v) is 5.79. The second-order valence-electron chi connectivity index (χ2n) is 7.14. The first kappa shape index (κ1) is 25.3. The maximum atomic E-state index is 12.5. The monoisotopic (exact) mass is 492 g/mol. The summed E-state index contributed by atoms with van der Waals surface area (Å²) in [6.45, 7) is 0.328. The van der Waals surface area contributed by atoms with Gasteiger partial charge in [-0.15, -0.1) is 11.3 Å². The highest BCUT2D eigenvalue weighted by Gasteiger charge is 2.15. The van der Waals surface area contributed by atoms with E-state index < -0.39 is 11.9 Å². The maximum absolute atomic E-state index is 12.5. The topological polar surface area (TPSA) is 107 Å². The molecule has 2 aromatic carbocycles. The van der Waals surface area contributed by atoms with Crippen LogP contribution in [0.25, 0.3) is 6.08 Å². The number of nitrogens with one attached hydrogen (secondary N) is 1. The van der Waals surface area contributed by atoms with Crippen LogP contribution < -0.4 is 24.3 Å². The molecule has 0 spiro atoms. The lowest BCUT2D eigenvalue weighted by Crippen LogP contribution is -2.26. The van der Waals surface area contributed by atoms with Gasteiger partial charge in [-0.05, 0) is 59.3 Å². The van der Waals surface area contributed by atoms with Gasteiger partial charge < -0.3 is 24.3 Å². The predicted octanol–water partition coefficient (Wildman–Crippen LogP) is 4.26. The van der Waals surface area contributed by atoms with Gasteiger partial charge in [0.1, 0.15) is 16.5 Å². The molecule has 0 bridgehead atoms. The highest BCUT2D eigenvalue weighted by molar-refractivity contribution is 7.12. The molecule has 3 aromatic rings. The van der Waals surface area contributed by atoms with Crippen LogP contribution in [0.5, 0.6) is 23.0 Å². The van der Waals surface area contributed by atoms with E-state index in [9.17, 15) is 14.9 Å². The lowest BCUT2D eigenvalue weighted by atomic mass is 10.1. The number of hydrogen-bond acceptors (Lipinski definition) is 8. The Morgan fingerprint density at radius 2 is 1.69 bits per heavy atom. The van der Waals surface area contributed by atoms with Crippen molar-refractivity contribution >= 4 is 29.3 Å². The first-order valence-electron chi connectivity index (χ1n) is 10.5. The molecule has 0 aliphatic heterocycles. The van der Waals surface area contributed by atoms with Gasteiger partial charge >= 0.3 is 5.97 Å². The third kappa shape index (κ3) is 6.62. The number of hydrogen-bond donors (Lipinski definition) is 1. The summed E-state index contributed by atoms with van der Waals surface area (Å²) in [5.74, 6) is 0.772. The minimum absolute atomic E-state index is 0.0669. The van der Waals surface area contributed by atoms with Crippen LogP contribution in [0.4, 0.5) is 0 Å². The van der Waals surface area contributed by atoms with Crippen molar-refractivity contribution in [1.82, 2.24) is 5.32 Å². The zero-order valence-electron chi connectivity index (χ0n) is 19.5. The number of nitrogens with zero attached hydrogens (tertiary/aromatic N) is 1. The number of amides is 1. The van der Waals surface area contributed by atoms with E-state index >= 15 is 0 Å². The van der Waals surface area contributed by atoms with Crippen LogP contribution >= 0.6 is 11.3 Å². The summed E-state index contributed by atoms with van der Waals surface area (Å²) < 4.78 is 21.2. The Hall–Kier alpha value is -4.29. The Kier molecular flexibility index (Phi) is 8.87. The number of ether oxygens (including phenoxy) is 4. The number of carbonyl (C=O) groups is 2. The van der Waals surface area contributed by atoms with Crippen molar-refractivity contribution in [3.63, 3.8) is 0 Å². The molecule has 0 saturated heterocycles. The van der Waals surface area contributed by atoms with E-state index in [1.54, 1.807) is 56.0 Å². The number of carbonyl (C=O) groups excluding carboxylic acids is 2. The Balaban J connectivity index is 1.65. The van der Waals surface area contributed by atoms with Crippen LogP contribution in [0.2, 0.25) is 0 Å². The molecule has 0 aliphatic carbocycles. The van der Waals surface area contributed by atoms with Gasteiger partial charge in [-0.2, -0.15) is 5.26 Å². The van der Waals surface area contributed by atoms with Crippen molar-refractivity contribution in [2.24, 2.45) is 0 Å². The molecule has 0 aliphatic rings. The van der Waals surface area contributed by atoms with Gasteiger partial charge in [-0.3, -0.25) is 4.79 Å². The Morgan fingerprint density at radius 3 is 2.34 bits per heavy atom. The average Bonchev–Trinajstić information content (AvgIpc) is 3.43. The number of esters is 1. The van der Waals surface area contributed by atoms with Crippen LogP contribution in [-0.4, -0.2) is 39.8 Å².